The maximum Gasteiger partial charge on any atom is 0.343 e. The van der Waals surface area contributed by atoms with Crippen molar-refractivity contribution in [2.75, 3.05) is 20.3 Å². The average molecular weight is 487 g/mol. The van der Waals surface area contributed by atoms with E-state index in [1.165, 1.54) is 12.7 Å². The molecule has 1 aliphatic heterocycles. The van der Waals surface area contributed by atoms with Crippen LogP contribution in [0.3, 0.4) is 0 Å². The molecule has 36 heavy (non-hydrogen) atoms. The molecule has 1 N–H and O–H groups in total. The van der Waals surface area contributed by atoms with Gasteiger partial charge in [-0.3, -0.25) is 4.79 Å². The Hall–Kier alpha value is -4.26. The smallest absolute Gasteiger partial charge is 0.343 e. The fraction of sp³-hybridized carbons (Fsp3) is 0.241. The van der Waals surface area contributed by atoms with Crippen molar-refractivity contribution in [3.63, 3.8) is 0 Å². The van der Waals surface area contributed by atoms with Crippen LogP contribution in [0.5, 0.6) is 17.2 Å². The van der Waals surface area contributed by atoms with E-state index in [0.717, 1.165) is 17.7 Å². The first-order chi connectivity index (χ1) is 17.5. The van der Waals surface area contributed by atoms with Gasteiger partial charge in [-0.25, -0.2) is 4.79 Å². The lowest BCUT2D eigenvalue weighted by Crippen LogP contribution is -2.19. The van der Waals surface area contributed by atoms with Crippen molar-refractivity contribution in [3.8, 4) is 17.2 Å². The van der Waals surface area contributed by atoms with Crippen LogP contribution in [0.4, 0.5) is 0 Å². The molecule has 0 aliphatic carbocycles. The van der Waals surface area contributed by atoms with E-state index in [1.54, 1.807) is 42.5 Å². The van der Waals surface area contributed by atoms with E-state index in [-0.39, 0.29) is 23.3 Å². The number of hydrogen-bond donors (Lipinski definition) is 1. The minimum Gasteiger partial charge on any atom is -0.507 e. The van der Waals surface area contributed by atoms with Crippen LogP contribution in [0.15, 0.2) is 75.9 Å². The van der Waals surface area contributed by atoms with E-state index in [4.69, 9.17) is 18.6 Å². The minimum absolute atomic E-state index is 0.00577. The van der Waals surface area contributed by atoms with Crippen molar-refractivity contribution in [2.45, 2.75) is 25.2 Å². The number of rotatable bonds is 8. The summed E-state index contributed by atoms with van der Waals surface area (Å²) in [6, 6.07) is 20.1. The molecule has 0 spiro atoms. The molecule has 1 unspecified atom stereocenters. The van der Waals surface area contributed by atoms with Crippen molar-refractivity contribution in [1.29, 1.82) is 0 Å². The fourth-order valence-electron chi connectivity index (χ4n) is 4.65. The fourth-order valence-corrected chi connectivity index (χ4v) is 4.65. The van der Waals surface area contributed by atoms with E-state index in [9.17, 15) is 14.7 Å². The number of aromatic hydroxyl groups is 1. The highest BCUT2D eigenvalue weighted by Crippen LogP contribution is 2.39. The summed E-state index contributed by atoms with van der Waals surface area (Å²) < 4.78 is 22.1. The van der Waals surface area contributed by atoms with Gasteiger partial charge in [0.05, 0.1) is 37.7 Å². The molecule has 184 valence electrons. The highest BCUT2D eigenvalue weighted by Gasteiger charge is 2.29. The Kier molecular flexibility index (Phi) is 6.62. The van der Waals surface area contributed by atoms with Crippen molar-refractivity contribution in [1.82, 2.24) is 0 Å². The number of hydrogen-bond acceptors (Lipinski definition) is 7. The van der Waals surface area contributed by atoms with Gasteiger partial charge in [0.1, 0.15) is 22.8 Å². The number of methoxy groups -OCH3 is 1. The Morgan fingerprint density at radius 1 is 1.08 bits per heavy atom. The summed E-state index contributed by atoms with van der Waals surface area (Å²) in [4.78, 5) is 25.4. The van der Waals surface area contributed by atoms with Crippen LogP contribution in [0.25, 0.3) is 11.0 Å². The number of fused-ring (bicyclic) bond motifs is 2. The monoisotopic (exact) mass is 486 g/mol. The molecule has 0 amide bonds. The van der Waals surface area contributed by atoms with Crippen LogP contribution < -0.4 is 15.1 Å². The molecule has 1 aliphatic rings. The van der Waals surface area contributed by atoms with Gasteiger partial charge in [0, 0.05) is 24.3 Å². The Labute approximate surface area is 207 Å². The lowest BCUT2D eigenvalue weighted by molar-refractivity contribution is -0.140. The molecule has 0 saturated heterocycles. The van der Waals surface area contributed by atoms with Gasteiger partial charge >= 0.3 is 11.6 Å². The van der Waals surface area contributed by atoms with Crippen molar-refractivity contribution in [3.05, 3.63) is 99.4 Å². The number of para-hydroxylation sites is 2. The van der Waals surface area contributed by atoms with Crippen LogP contribution in [-0.4, -0.2) is 31.4 Å². The summed E-state index contributed by atoms with van der Waals surface area (Å²) >= 11 is 0. The van der Waals surface area contributed by atoms with Crippen LogP contribution in [0, 0.1) is 0 Å². The predicted molar refractivity (Wildman–Crippen MR) is 134 cm³/mol. The molecule has 3 aromatic carbocycles. The number of carbonyl (C=O) groups excluding carboxylic acids is 1. The molecule has 0 saturated carbocycles. The molecule has 0 fully saturated rings. The Bertz CT molecular complexity index is 1470. The van der Waals surface area contributed by atoms with E-state index in [1.807, 2.05) is 18.2 Å². The van der Waals surface area contributed by atoms with Gasteiger partial charge in [0.2, 0.25) is 0 Å². The van der Waals surface area contributed by atoms with Gasteiger partial charge in [0.25, 0.3) is 0 Å². The molecular weight excluding hydrogens is 460 g/mol. The molecule has 0 radical (unpaired) electrons. The van der Waals surface area contributed by atoms with Crippen molar-refractivity contribution >= 4 is 16.9 Å². The first-order valence-corrected chi connectivity index (χ1v) is 11.8. The van der Waals surface area contributed by atoms with E-state index in [0.29, 0.717) is 36.3 Å². The zero-order chi connectivity index (χ0) is 25.1. The summed E-state index contributed by atoms with van der Waals surface area (Å²) in [6.07, 6.45) is 1.41. The normalized spacial score (nSPS) is 13.1. The maximum atomic E-state index is 13.0. The number of carbonyl (C=O) groups is 1. The second-order valence-electron chi connectivity index (χ2n) is 8.66. The molecule has 2 heterocycles. The molecule has 1 aromatic heterocycles. The quantitative estimate of drug-likeness (QED) is 0.284. The molecule has 4 aromatic rings. The molecule has 7 nitrogen and oxygen atoms in total. The van der Waals surface area contributed by atoms with Gasteiger partial charge in [-0.05, 0) is 35.4 Å². The van der Waals surface area contributed by atoms with Gasteiger partial charge in [0.15, 0.2) is 0 Å². The summed E-state index contributed by atoms with van der Waals surface area (Å²) in [5, 5.41) is 11.5. The lowest BCUT2D eigenvalue weighted by Gasteiger charge is -2.21. The minimum atomic E-state index is -0.827. The molecule has 1 atom stereocenters. The first-order valence-electron chi connectivity index (χ1n) is 11.8. The molecular formula is C29H26O7. The summed E-state index contributed by atoms with van der Waals surface area (Å²) in [6.45, 7) is 1.10. The van der Waals surface area contributed by atoms with Crippen LogP contribution >= 0.6 is 0 Å². The van der Waals surface area contributed by atoms with Crippen molar-refractivity contribution in [2.24, 2.45) is 0 Å². The van der Waals surface area contributed by atoms with Gasteiger partial charge in [-0.15, -0.1) is 0 Å². The average Bonchev–Trinajstić information content (AvgIpc) is 3.36. The molecule has 0 bridgehead atoms. The zero-order valence-electron chi connectivity index (χ0n) is 19.9. The second-order valence-corrected chi connectivity index (χ2v) is 8.66. The third kappa shape index (κ3) is 4.64. The maximum absolute atomic E-state index is 13.0. The molecule has 5 rings (SSSR count). The summed E-state index contributed by atoms with van der Waals surface area (Å²) in [7, 11) is 1.28. The Balaban J connectivity index is 1.47. The highest BCUT2D eigenvalue weighted by atomic mass is 16.5. The Morgan fingerprint density at radius 3 is 2.75 bits per heavy atom. The van der Waals surface area contributed by atoms with Crippen LogP contribution in [0.2, 0.25) is 0 Å². The number of esters is 1. The third-order valence-corrected chi connectivity index (χ3v) is 6.46. The lowest BCUT2D eigenvalue weighted by atomic mass is 9.87. The molecule has 7 heteroatoms. The second kappa shape index (κ2) is 10.2. The van der Waals surface area contributed by atoms with Crippen LogP contribution in [-0.2, 0) is 22.4 Å². The topological polar surface area (TPSA) is 95.2 Å². The largest absolute Gasteiger partial charge is 0.507 e. The first kappa shape index (κ1) is 23.5. The van der Waals surface area contributed by atoms with Gasteiger partial charge < -0.3 is 23.7 Å². The summed E-state index contributed by atoms with van der Waals surface area (Å²) in [5.41, 5.74) is 2.47. The standard InChI is InChI=1S/C29H26O7/c1-33-26(30)17-22(27-28(31)21-7-3-5-9-25(21)36-29(27)32)20-6-2-4-8-24(20)35-14-12-18-10-11-23-19(16-18)13-15-34-23/h2-11,16,22,31H,12-15,17H2,1H3. The van der Waals surface area contributed by atoms with E-state index in [2.05, 4.69) is 6.07 Å². The van der Waals surface area contributed by atoms with Crippen molar-refractivity contribution < 1.29 is 28.5 Å². The van der Waals surface area contributed by atoms with E-state index >= 15 is 0 Å². The van der Waals surface area contributed by atoms with Crippen LogP contribution in [0.1, 0.15) is 34.6 Å². The van der Waals surface area contributed by atoms with E-state index < -0.39 is 17.5 Å². The Morgan fingerprint density at radius 2 is 1.89 bits per heavy atom. The number of benzene rings is 3. The number of ether oxygens (including phenoxy) is 3. The summed E-state index contributed by atoms with van der Waals surface area (Å²) in [5.74, 6) is -0.118. The predicted octanol–water partition coefficient (Wildman–Crippen LogP) is 4.75. The third-order valence-electron chi connectivity index (χ3n) is 6.46. The van der Waals surface area contributed by atoms with Gasteiger partial charge in [-0.1, -0.05) is 42.5 Å². The SMILES string of the molecule is COC(=O)CC(c1ccccc1OCCc1ccc2c(c1)CCO2)c1c(O)c2ccccc2oc1=O. The zero-order valence-corrected chi connectivity index (χ0v) is 19.9. The highest BCUT2D eigenvalue weighted by molar-refractivity contribution is 5.85. The van der Waals surface area contributed by atoms with Gasteiger partial charge in [-0.2, -0.15) is 0 Å².